The summed E-state index contributed by atoms with van der Waals surface area (Å²) in [7, 11) is 1.57. The van der Waals surface area contributed by atoms with E-state index in [1.807, 2.05) is 92.3 Å². The maximum atomic E-state index is 12.9. The lowest BCUT2D eigenvalue weighted by Gasteiger charge is -2.28. The molecule has 212 valence electrons. The molecule has 0 saturated carbocycles. The predicted molar refractivity (Wildman–Crippen MR) is 163 cm³/mol. The highest BCUT2D eigenvalue weighted by Gasteiger charge is 2.33. The molecule has 0 saturated heterocycles. The fraction of sp³-hybridized carbons (Fsp3) is 0.265. The van der Waals surface area contributed by atoms with E-state index in [1.165, 1.54) is 0 Å². The zero-order valence-corrected chi connectivity index (χ0v) is 24.0. The minimum atomic E-state index is -0.999. The van der Waals surface area contributed by atoms with Crippen molar-refractivity contribution < 1.29 is 19.4 Å². The normalized spacial score (nSPS) is 13.3. The number of hydrogen-bond donors (Lipinski definition) is 2. The number of carbonyl (C=O) groups excluding carboxylic acids is 1. The summed E-state index contributed by atoms with van der Waals surface area (Å²) in [6, 6.07) is 28.4. The van der Waals surface area contributed by atoms with Crippen molar-refractivity contribution in [1.29, 1.82) is 0 Å². The van der Waals surface area contributed by atoms with Crippen LogP contribution in [0.5, 0.6) is 0 Å². The van der Waals surface area contributed by atoms with Gasteiger partial charge in [0, 0.05) is 19.4 Å². The molecule has 4 rings (SSSR count). The van der Waals surface area contributed by atoms with Gasteiger partial charge in [-0.2, -0.15) is 0 Å². The maximum Gasteiger partial charge on any atom is 0.305 e. The Kier molecular flexibility index (Phi) is 9.40. The first kappa shape index (κ1) is 29.3. The van der Waals surface area contributed by atoms with E-state index in [0.717, 1.165) is 27.8 Å². The Morgan fingerprint density at radius 1 is 0.854 bits per heavy atom. The van der Waals surface area contributed by atoms with E-state index in [1.54, 1.807) is 7.05 Å². The predicted octanol–water partition coefficient (Wildman–Crippen LogP) is 6.61. The van der Waals surface area contributed by atoms with Gasteiger partial charge in [-0.05, 0) is 39.3 Å². The van der Waals surface area contributed by atoms with Crippen molar-refractivity contribution in [2.45, 2.75) is 45.9 Å². The van der Waals surface area contributed by atoms with Gasteiger partial charge in [0.15, 0.2) is 0 Å². The Morgan fingerprint density at radius 3 is 1.98 bits per heavy atom. The van der Waals surface area contributed by atoms with Gasteiger partial charge in [-0.3, -0.25) is 9.59 Å². The van der Waals surface area contributed by atoms with E-state index in [0.29, 0.717) is 0 Å². The number of aromatic nitrogens is 1. The molecule has 41 heavy (non-hydrogen) atoms. The molecule has 2 atom stereocenters. The molecule has 3 aromatic carbocycles. The summed E-state index contributed by atoms with van der Waals surface area (Å²) in [6.07, 6.45) is 3.47. The number of likely N-dealkylation sites (N-methyl/N-ethyl adjacent to an activating group) is 1. The number of hydrogen-bond acceptors (Lipinski definition) is 4. The van der Waals surface area contributed by atoms with Gasteiger partial charge in [-0.25, -0.2) is 4.99 Å². The highest BCUT2D eigenvalue weighted by Crippen LogP contribution is 2.29. The Bertz CT molecular complexity index is 1470. The van der Waals surface area contributed by atoms with Crippen LogP contribution in [0.3, 0.4) is 0 Å². The lowest BCUT2D eigenvalue weighted by Crippen LogP contribution is -2.41. The van der Waals surface area contributed by atoms with Crippen molar-refractivity contribution in [2.24, 2.45) is 10.4 Å². The van der Waals surface area contributed by atoms with Crippen molar-refractivity contribution in [3.05, 3.63) is 109 Å². The highest BCUT2D eigenvalue weighted by molar-refractivity contribution is 5.90. The van der Waals surface area contributed by atoms with Gasteiger partial charge in [-0.1, -0.05) is 106 Å². The number of amides is 1. The molecular formula is C34H37N3O4. The SMILES string of the molecule is CNC(=O)[C@@H](N=C(OCc1ccccc1)[C@@H](CC(=O)O)n1ccc(-c2ccc(-c3ccccc3)cc2)c1)C(C)(C)C. The summed E-state index contributed by atoms with van der Waals surface area (Å²) < 4.78 is 8.04. The molecule has 0 radical (unpaired) electrons. The molecule has 0 bridgehead atoms. The van der Waals surface area contributed by atoms with Crippen molar-refractivity contribution in [2.75, 3.05) is 7.05 Å². The van der Waals surface area contributed by atoms with Crippen LogP contribution in [0.4, 0.5) is 0 Å². The van der Waals surface area contributed by atoms with Crippen LogP contribution in [0.15, 0.2) is 108 Å². The largest absolute Gasteiger partial charge is 0.481 e. The first-order chi connectivity index (χ1) is 19.7. The number of aliphatic carboxylic acids is 1. The number of aliphatic imine (C=N–C) groups is 1. The Morgan fingerprint density at radius 2 is 1.41 bits per heavy atom. The first-order valence-corrected chi connectivity index (χ1v) is 13.7. The lowest BCUT2D eigenvalue weighted by molar-refractivity contribution is -0.137. The zero-order chi connectivity index (χ0) is 29.4. The fourth-order valence-electron chi connectivity index (χ4n) is 4.61. The van der Waals surface area contributed by atoms with Gasteiger partial charge in [0.2, 0.25) is 11.8 Å². The second-order valence-corrected chi connectivity index (χ2v) is 11.0. The van der Waals surface area contributed by atoms with Gasteiger partial charge < -0.3 is 19.7 Å². The van der Waals surface area contributed by atoms with E-state index in [-0.39, 0.29) is 24.8 Å². The molecular weight excluding hydrogens is 514 g/mol. The van der Waals surface area contributed by atoms with E-state index in [2.05, 4.69) is 41.7 Å². The van der Waals surface area contributed by atoms with E-state index < -0.39 is 23.5 Å². The van der Waals surface area contributed by atoms with Gasteiger partial charge >= 0.3 is 5.97 Å². The summed E-state index contributed by atoms with van der Waals surface area (Å²) in [6.45, 7) is 5.95. The Labute approximate surface area is 241 Å². The molecule has 1 aromatic heterocycles. The van der Waals surface area contributed by atoms with Crippen LogP contribution < -0.4 is 5.32 Å². The minimum Gasteiger partial charge on any atom is -0.481 e. The van der Waals surface area contributed by atoms with E-state index in [4.69, 9.17) is 9.73 Å². The van der Waals surface area contributed by atoms with Crippen molar-refractivity contribution in [1.82, 2.24) is 9.88 Å². The topological polar surface area (TPSA) is 92.9 Å². The first-order valence-electron chi connectivity index (χ1n) is 13.7. The monoisotopic (exact) mass is 551 g/mol. The third-order valence-corrected chi connectivity index (χ3v) is 6.85. The second kappa shape index (κ2) is 13.1. The van der Waals surface area contributed by atoms with Gasteiger partial charge in [0.05, 0.1) is 6.42 Å². The molecule has 0 fully saturated rings. The smallest absolute Gasteiger partial charge is 0.305 e. The number of nitrogens with zero attached hydrogens (tertiary/aromatic N) is 2. The Hall–Kier alpha value is -4.65. The van der Waals surface area contributed by atoms with Gasteiger partial charge in [0.25, 0.3) is 0 Å². The summed E-state index contributed by atoms with van der Waals surface area (Å²) in [4.78, 5) is 29.7. The van der Waals surface area contributed by atoms with Crippen molar-refractivity contribution in [3.63, 3.8) is 0 Å². The van der Waals surface area contributed by atoms with Crippen LogP contribution in [0, 0.1) is 5.41 Å². The molecule has 0 unspecified atom stereocenters. The number of benzene rings is 3. The molecule has 7 nitrogen and oxygen atoms in total. The van der Waals surface area contributed by atoms with E-state index in [9.17, 15) is 14.7 Å². The van der Waals surface area contributed by atoms with Crippen molar-refractivity contribution in [3.8, 4) is 22.3 Å². The number of nitrogens with one attached hydrogen (secondary N) is 1. The summed E-state index contributed by atoms with van der Waals surface area (Å²) >= 11 is 0. The quantitative estimate of drug-likeness (QED) is 0.171. The number of carboxylic acid groups (broad SMARTS) is 1. The molecule has 1 heterocycles. The van der Waals surface area contributed by atoms with Crippen LogP contribution in [0.2, 0.25) is 0 Å². The molecule has 1 amide bonds. The van der Waals surface area contributed by atoms with Crippen molar-refractivity contribution >= 4 is 17.8 Å². The number of rotatable bonds is 10. The van der Waals surface area contributed by atoms with Crippen LogP contribution in [-0.2, 0) is 20.9 Å². The summed E-state index contributed by atoms with van der Waals surface area (Å²) in [5, 5.41) is 12.6. The second-order valence-electron chi connectivity index (χ2n) is 11.0. The van der Waals surface area contributed by atoms with Gasteiger partial charge in [0.1, 0.15) is 18.7 Å². The number of ether oxygens (including phenoxy) is 1. The zero-order valence-electron chi connectivity index (χ0n) is 24.0. The van der Waals surface area contributed by atoms with Crippen LogP contribution in [0.25, 0.3) is 22.3 Å². The molecule has 2 N–H and O–H groups in total. The lowest BCUT2D eigenvalue weighted by atomic mass is 9.86. The summed E-state index contributed by atoms with van der Waals surface area (Å²) in [5.74, 6) is -1.07. The maximum absolute atomic E-state index is 12.9. The third-order valence-electron chi connectivity index (χ3n) is 6.85. The highest BCUT2D eigenvalue weighted by atomic mass is 16.5. The molecule has 4 aromatic rings. The molecule has 0 spiro atoms. The third kappa shape index (κ3) is 7.72. The van der Waals surface area contributed by atoms with Crippen LogP contribution in [-0.4, -0.2) is 40.5 Å². The van der Waals surface area contributed by atoms with Crippen LogP contribution in [0.1, 0.15) is 38.8 Å². The Balaban J connectivity index is 1.71. The fourth-order valence-corrected chi connectivity index (χ4v) is 4.61. The van der Waals surface area contributed by atoms with E-state index >= 15 is 0 Å². The minimum absolute atomic E-state index is 0.190. The van der Waals surface area contributed by atoms with Gasteiger partial charge in [-0.15, -0.1) is 0 Å². The number of carboxylic acids is 1. The molecule has 0 aliphatic heterocycles. The summed E-state index contributed by atoms with van der Waals surface area (Å²) in [5.41, 5.74) is 4.56. The average molecular weight is 552 g/mol. The number of carbonyl (C=O) groups is 2. The average Bonchev–Trinajstić information content (AvgIpc) is 3.46. The van der Waals surface area contributed by atoms with Crippen LogP contribution >= 0.6 is 0 Å². The molecule has 0 aliphatic rings. The molecule has 7 heteroatoms. The molecule has 0 aliphatic carbocycles. The standard InChI is InChI=1S/C34H37N3O4/c1-34(2,3)31(32(40)35-4)36-33(41-23-24-11-7-5-8-12-24)29(21-30(38)39)37-20-19-28(22-37)27-17-15-26(16-18-27)25-13-9-6-10-14-25/h5-20,22,29,31H,21,23H2,1-4H3,(H,35,40)(H,38,39)/t29-,31-/m1/s1.